The summed E-state index contributed by atoms with van der Waals surface area (Å²) in [5.41, 5.74) is 6.54. The van der Waals surface area contributed by atoms with E-state index < -0.39 is 11.8 Å². The van der Waals surface area contributed by atoms with Crippen LogP contribution in [-0.4, -0.2) is 0 Å². The van der Waals surface area contributed by atoms with Gasteiger partial charge in [0.2, 0.25) is 0 Å². The molecule has 20 heavy (non-hydrogen) atoms. The summed E-state index contributed by atoms with van der Waals surface area (Å²) in [5, 5.41) is 0. The average Bonchev–Trinajstić information content (AvgIpc) is 2.37. The second-order valence-corrected chi connectivity index (χ2v) is 6.06. The van der Waals surface area contributed by atoms with Gasteiger partial charge in [-0.25, -0.2) is 0 Å². The Bertz CT molecular complexity index is 633. The predicted molar refractivity (Wildman–Crippen MR) is 89.5 cm³/mol. The Kier molecular flexibility index (Phi) is 3.56. The zero-order valence-corrected chi connectivity index (χ0v) is 13.5. The van der Waals surface area contributed by atoms with E-state index in [1.165, 1.54) is 5.56 Å². The van der Waals surface area contributed by atoms with E-state index in [0.717, 1.165) is 27.8 Å². The average molecular weight is 268 g/mol. The second-order valence-electron chi connectivity index (χ2n) is 6.06. The van der Waals surface area contributed by atoms with Gasteiger partial charge in [0.15, 0.2) is 0 Å². The topological polar surface area (TPSA) is 0 Å². The Hall–Kier alpha value is -1.56. The molecule has 0 aliphatic heterocycles. The van der Waals surface area contributed by atoms with Crippen molar-refractivity contribution in [1.29, 1.82) is 0 Å². The van der Waals surface area contributed by atoms with Crippen molar-refractivity contribution in [2.24, 2.45) is 0 Å². The lowest BCUT2D eigenvalue weighted by Gasteiger charge is -2.19. The van der Waals surface area contributed by atoms with Crippen molar-refractivity contribution in [2.75, 3.05) is 0 Å². The smallest absolute Gasteiger partial charge is 0.0347 e. The van der Waals surface area contributed by atoms with Gasteiger partial charge < -0.3 is 0 Å². The molecule has 0 bridgehead atoms. The van der Waals surface area contributed by atoms with Crippen molar-refractivity contribution in [2.45, 2.75) is 53.3 Å². The van der Waals surface area contributed by atoms with Gasteiger partial charge in [-0.3, -0.25) is 0 Å². The molecular weight excluding hydrogens is 240 g/mol. The standard InChI is InChI=1S/C20H26/c1-13(2)19-11-18(12-20(14(3)4)16(19)6)17-9-7-15(5)8-10-17/h7-14H,1-6H3/i13D,14D. The first-order valence-electron chi connectivity index (χ1n) is 8.23. The van der Waals surface area contributed by atoms with Gasteiger partial charge in [0, 0.05) is 2.74 Å². The van der Waals surface area contributed by atoms with E-state index in [4.69, 9.17) is 2.74 Å². The molecule has 0 aromatic heterocycles. The molecule has 0 nitrogen and oxygen atoms in total. The molecule has 0 heteroatoms. The minimum absolute atomic E-state index is 0.676. The molecule has 2 rings (SSSR count). The van der Waals surface area contributed by atoms with Gasteiger partial charge in [0.25, 0.3) is 0 Å². The van der Waals surface area contributed by atoms with Gasteiger partial charge >= 0.3 is 0 Å². The van der Waals surface area contributed by atoms with E-state index in [2.05, 4.69) is 43.3 Å². The van der Waals surface area contributed by atoms with Crippen LogP contribution in [0, 0.1) is 13.8 Å². The maximum absolute atomic E-state index is 8.45. The lowest BCUT2D eigenvalue weighted by Crippen LogP contribution is -2.00. The van der Waals surface area contributed by atoms with Gasteiger partial charge in [-0.2, -0.15) is 0 Å². The molecule has 0 aliphatic rings. The molecule has 0 saturated carbocycles. The fourth-order valence-corrected chi connectivity index (χ4v) is 2.67. The lowest BCUT2D eigenvalue weighted by molar-refractivity contribution is 0.818. The maximum Gasteiger partial charge on any atom is 0.0347 e. The Morgan fingerprint density at radius 1 is 0.750 bits per heavy atom. The quantitative estimate of drug-likeness (QED) is 0.620. The first kappa shape index (κ1) is 12.2. The molecule has 0 fully saturated rings. The van der Waals surface area contributed by atoms with Crippen molar-refractivity contribution >= 4 is 0 Å². The zero-order valence-electron chi connectivity index (χ0n) is 15.5. The van der Waals surface area contributed by atoms with Crippen LogP contribution in [0.1, 0.15) is 64.5 Å². The Morgan fingerprint density at radius 3 is 1.60 bits per heavy atom. The third-order valence-corrected chi connectivity index (χ3v) is 3.87. The molecule has 0 amide bonds. The molecule has 106 valence electrons. The summed E-state index contributed by atoms with van der Waals surface area (Å²) in [6.07, 6.45) is 0. The molecule has 0 N–H and O–H groups in total. The van der Waals surface area contributed by atoms with Crippen LogP contribution in [0.25, 0.3) is 11.1 Å². The van der Waals surface area contributed by atoms with Crippen LogP contribution in [-0.2, 0) is 0 Å². The minimum Gasteiger partial charge on any atom is -0.0587 e. The Labute approximate surface area is 126 Å². The van der Waals surface area contributed by atoms with Crippen LogP contribution in [0.5, 0.6) is 0 Å². The van der Waals surface area contributed by atoms with E-state index in [9.17, 15) is 0 Å². The highest BCUT2D eigenvalue weighted by Crippen LogP contribution is 2.33. The predicted octanol–water partition coefficient (Wildman–Crippen LogP) is 6.22. The SMILES string of the molecule is [2H]C(C)(C)c1cc(-c2ccc(C)cc2)cc(C([2H])(C)C)c1C. The van der Waals surface area contributed by atoms with Crippen LogP contribution < -0.4 is 0 Å². The lowest BCUT2D eigenvalue weighted by atomic mass is 9.86. The highest BCUT2D eigenvalue weighted by Gasteiger charge is 2.13. The zero-order chi connectivity index (χ0) is 16.7. The number of benzene rings is 2. The molecule has 0 heterocycles. The first-order chi connectivity index (χ1) is 10.00. The van der Waals surface area contributed by atoms with Crippen molar-refractivity contribution < 1.29 is 2.74 Å². The maximum atomic E-state index is 8.45. The molecule has 0 spiro atoms. The van der Waals surface area contributed by atoms with E-state index in [1.807, 2.05) is 34.6 Å². The van der Waals surface area contributed by atoms with Gasteiger partial charge in [-0.05, 0) is 53.5 Å². The van der Waals surface area contributed by atoms with E-state index in [1.54, 1.807) is 0 Å². The van der Waals surface area contributed by atoms with Crippen LogP contribution >= 0.6 is 0 Å². The number of hydrogen-bond acceptors (Lipinski definition) is 0. The molecule has 0 atom stereocenters. The van der Waals surface area contributed by atoms with Gasteiger partial charge in [-0.15, -0.1) is 0 Å². The third kappa shape index (κ3) is 2.95. The largest absolute Gasteiger partial charge is 0.0587 e. The molecule has 0 unspecified atom stereocenters. The summed E-state index contributed by atoms with van der Waals surface area (Å²) >= 11 is 0. The fourth-order valence-electron chi connectivity index (χ4n) is 2.67. The molecule has 0 aliphatic carbocycles. The van der Waals surface area contributed by atoms with Crippen LogP contribution in [0.15, 0.2) is 36.4 Å². The summed E-state index contributed by atoms with van der Waals surface area (Å²) in [4.78, 5) is 0. The molecule has 0 radical (unpaired) electrons. The van der Waals surface area contributed by atoms with Crippen LogP contribution in [0.2, 0.25) is 0 Å². The molecule has 2 aromatic rings. The summed E-state index contributed by atoms with van der Waals surface area (Å²) in [5.74, 6) is -1.35. The summed E-state index contributed by atoms with van der Waals surface area (Å²) in [6, 6.07) is 12.7. The van der Waals surface area contributed by atoms with Gasteiger partial charge in [0.05, 0.1) is 0 Å². The Balaban J connectivity index is 2.73. The van der Waals surface area contributed by atoms with Crippen molar-refractivity contribution in [1.82, 2.24) is 0 Å². The van der Waals surface area contributed by atoms with Crippen LogP contribution in [0.3, 0.4) is 0 Å². The van der Waals surface area contributed by atoms with Crippen molar-refractivity contribution in [3.8, 4) is 11.1 Å². The molecular formula is C20H26. The number of hydrogen-bond donors (Lipinski definition) is 0. The second kappa shape index (κ2) is 5.83. The highest BCUT2D eigenvalue weighted by molar-refractivity contribution is 5.67. The van der Waals surface area contributed by atoms with Crippen LogP contribution in [0.4, 0.5) is 0 Å². The molecule has 2 aromatic carbocycles. The summed E-state index contributed by atoms with van der Waals surface area (Å²) in [7, 11) is 0. The minimum atomic E-state index is -0.676. The highest BCUT2D eigenvalue weighted by atomic mass is 14.2. The van der Waals surface area contributed by atoms with Crippen molar-refractivity contribution in [3.63, 3.8) is 0 Å². The summed E-state index contributed by atoms with van der Waals surface area (Å²) in [6.45, 7) is 11.8. The normalized spacial score (nSPS) is 13.9. The van der Waals surface area contributed by atoms with Gasteiger partial charge in [0.1, 0.15) is 0 Å². The fraction of sp³-hybridized carbons (Fsp3) is 0.400. The molecule has 0 saturated heterocycles. The third-order valence-electron chi connectivity index (χ3n) is 3.87. The van der Waals surface area contributed by atoms with E-state index in [0.29, 0.717) is 0 Å². The van der Waals surface area contributed by atoms with E-state index >= 15 is 0 Å². The van der Waals surface area contributed by atoms with Crippen molar-refractivity contribution in [3.05, 3.63) is 58.7 Å². The van der Waals surface area contributed by atoms with Gasteiger partial charge in [-0.1, -0.05) is 69.7 Å². The van der Waals surface area contributed by atoms with E-state index in [-0.39, 0.29) is 0 Å². The Morgan fingerprint density at radius 2 is 1.20 bits per heavy atom. The first-order valence-corrected chi connectivity index (χ1v) is 7.23. The summed E-state index contributed by atoms with van der Waals surface area (Å²) < 4.78 is 16.9. The monoisotopic (exact) mass is 268 g/mol. The number of aryl methyl sites for hydroxylation is 1. The number of rotatable bonds is 3.